The quantitative estimate of drug-likeness (QED) is 0.271. The summed E-state index contributed by atoms with van der Waals surface area (Å²) >= 11 is 4.17. The standard InChI is InChI=1S/C12H16N2O6S/c15-11(13-17)3-5-19-9-2-1-8(21)7-10(9)20-6-4-12(16)14-18/h1-2,7,17-18,21H,3-6H2,(H,13,15)(H,14,16). The summed E-state index contributed by atoms with van der Waals surface area (Å²) in [6, 6.07) is 4.89. The molecule has 0 aliphatic carbocycles. The highest BCUT2D eigenvalue weighted by molar-refractivity contribution is 7.80. The maximum Gasteiger partial charge on any atom is 0.246 e. The molecule has 0 saturated carbocycles. The summed E-state index contributed by atoms with van der Waals surface area (Å²) in [4.78, 5) is 22.4. The Hall–Kier alpha value is -1.97. The SMILES string of the molecule is O=C(CCOc1ccc(S)cc1OCCC(=O)NO)NO. The van der Waals surface area contributed by atoms with Gasteiger partial charge in [0.1, 0.15) is 0 Å². The summed E-state index contributed by atoms with van der Waals surface area (Å²) in [5.41, 5.74) is 2.99. The second-order valence-electron chi connectivity index (χ2n) is 3.90. The third-order valence-electron chi connectivity index (χ3n) is 2.35. The largest absolute Gasteiger partial charge is 0.489 e. The molecule has 4 N–H and O–H groups in total. The predicted octanol–water partition coefficient (Wildman–Crippen LogP) is 0.524. The molecule has 1 aromatic rings. The Labute approximate surface area is 126 Å². The summed E-state index contributed by atoms with van der Waals surface area (Å²) < 4.78 is 10.7. The molecular weight excluding hydrogens is 300 g/mol. The fourth-order valence-electron chi connectivity index (χ4n) is 1.35. The Kier molecular flexibility index (Phi) is 7.37. The fourth-order valence-corrected chi connectivity index (χ4v) is 1.54. The average molecular weight is 316 g/mol. The molecule has 116 valence electrons. The van der Waals surface area contributed by atoms with E-state index in [9.17, 15) is 9.59 Å². The average Bonchev–Trinajstić information content (AvgIpc) is 2.48. The zero-order valence-electron chi connectivity index (χ0n) is 11.0. The second kappa shape index (κ2) is 9.06. The number of rotatable bonds is 8. The molecule has 0 saturated heterocycles. The normalized spacial score (nSPS) is 9.86. The molecule has 0 fully saturated rings. The first-order valence-corrected chi connectivity index (χ1v) is 6.46. The first kappa shape index (κ1) is 17.1. The molecule has 2 amide bonds. The van der Waals surface area contributed by atoms with Crippen molar-refractivity contribution in [3.63, 3.8) is 0 Å². The number of hydrogen-bond donors (Lipinski definition) is 5. The van der Waals surface area contributed by atoms with Crippen LogP contribution in [0, 0.1) is 0 Å². The molecule has 0 aliphatic rings. The Morgan fingerprint density at radius 1 is 1.00 bits per heavy atom. The second-order valence-corrected chi connectivity index (χ2v) is 4.41. The molecule has 21 heavy (non-hydrogen) atoms. The van der Waals surface area contributed by atoms with Crippen molar-refractivity contribution >= 4 is 24.4 Å². The van der Waals surface area contributed by atoms with Crippen molar-refractivity contribution in [1.29, 1.82) is 0 Å². The van der Waals surface area contributed by atoms with Gasteiger partial charge in [0.05, 0.1) is 26.1 Å². The highest BCUT2D eigenvalue weighted by atomic mass is 32.1. The van der Waals surface area contributed by atoms with Gasteiger partial charge < -0.3 is 9.47 Å². The van der Waals surface area contributed by atoms with Gasteiger partial charge >= 0.3 is 0 Å². The molecule has 0 aliphatic heterocycles. The molecule has 0 atom stereocenters. The Morgan fingerprint density at radius 3 is 2.05 bits per heavy atom. The van der Waals surface area contributed by atoms with E-state index in [-0.39, 0.29) is 26.1 Å². The molecule has 0 spiro atoms. The van der Waals surface area contributed by atoms with E-state index in [1.807, 2.05) is 0 Å². The van der Waals surface area contributed by atoms with E-state index in [1.165, 1.54) is 11.0 Å². The smallest absolute Gasteiger partial charge is 0.246 e. The summed E-state index contributed by atoms with van der Waals surface area (Å²) in [6.07, 6.45) is -0.0505. The van der Waals surface area contributed by atoms with Crippen molar-refractivity contribution in [3.05, 3.63) is 18.2 Å². The first-order valence-electron chi connectivity index (χ1n) is 6.01. The van der Waals surface area contributed by atoms with Crippen LogP contribution in [0.1, 0.15) is 12.8 Å². The number of carbonyl (C=O) groups is 2. The van der Waals surface area contributed by atoms with Gasteiger partial charge in [0.15, 0.2) is 11.5 Å². The molecule has 0 aromatic heterocycles. The van der Waals surface area contributed by atoms with Gasteiger partial charge in [-0.15, -0.1) is 12.6 Å². The third kappa shape index (κ3) is 6.34. The van der Waals surface area contributed by atoms with Gasteiger partial charge in [-0.05, 0) is 18.2 Å². The number of benzene rings is 1. The van der Waals surface area contributed by atoms with Crippen LogP contribution in [0.25, 0.3) is 0 Å². The van der Waals surface area contributed by atoms with E-state index in [0.717, 1.165) is 0 Å². The van der Waals surface area contributed by atoms with Crippen LogP contribution in [-0.4, -0.2) is 35.4 Å². The summed E-state index contributed by atoms with van der Waals surface area (Å²) in [5, 5.41) is 16.7. The molecule has 0 bridgehead atoms. The van der Waals surface area contributed by atoms with E-state index in [2.05, 4.69) is 12.6 Å². The molecule has 0 heterocycles. The lowest BCUT2D eigenvalue weighted by Gasteiger charge is -2.12. The Balaban J connectivity index is 2.57. The lowest BCUT2D eigenvalue weighted by molar-refractivity contribution is -0.130. The zero-order chi connectivity index (χ0) is 15.7. The maximum absolute atomic E-state index is 10.9. The first-order chi connectivity index (χ1) is 10.1. The minimum Gasteiger partial charge on any atom is -0.489 e. The molecule has 9 heteroatoms. The van der Waals surface area contributed by atoms with Crippen LogP contribution < -0.4 is 20.4 Å². The number of thiol groups is 1. The number of hydroxylamine groups is 2. The van der Waals surface area contributed by atoms with E-state index in [0.29, 0.717) is 16.4 Å². The van der Waals surface area contributed by atoms with E-state index < -0.39 is 11.8 Å². The lowest BCUT2D eigenvalue weighted by Crippen LogP contribution is -2.21. The van der Waals surface area contributed by atoms with Gasteiger partial charge in [0.2, 0.25) is 11.8 Å². The highest BCUT2D eigenvalue weighted by Crippen LogP contribution is 2.30. The minimum atomic E-state index is -0.570. The molecule has 1 aromatic carbocycles. The van der Waals surface area contributed by atoms with Crippen LogP contribution in [-0.2, 0) is 9.59 Å². The monoisotopic (exact) mass is 316 g/mol. The summed E-state index contributed by atoms with van der Waals surface area (Å²) in [7, 11) is 0. The molecular formula is C12H16N2O6S. The molecule has 1 rings (SSSR count). The Bertz CT molecular complexity index is 497. The number of carbonyl (C=O) groups excluding carboxylic acids is 2. The van der Waals surface area contributed by atoms with Crippen LogP contribution >= 0.6 is 12.6 Å². The van der Waals surface area contributed by atoms with Gasteiger partial charge in [0.25, 0.3) is 0 Å². The fraction of sp³-hybridized carbons (Fsp3) is 0.333. The number of ether oxygens (including phenoxy) is 2. The zero-order valence-corrected chi connectivity index (χ0v) is 11.9. The molecule has 0 unspecified atom stereocenters. The topological polar surface area (TPSA) is 117 Å². The van der Waals surface area contributed by atoms with Crippen molar-refractivity contribution in [2.24, 2.45) is 0 Å². The van der Waals surface area contributed by atoms with Crippen LogP contribution in [0.3, 0.4) is 0 Å². The lowest BCUT2D eigenvalue weighted by atomic mass is 10.3. The third-order valence-corrected chi connectivity index (χ3v) is 2.63. The van der Waals surface area contributed by atoms with Crippen LogP contribution in [0.2, 0.25) is 0 Å². The molecule has 8 nitrogen and oxygen atoms in total. The van der Waals surface area contributed by atoms with Gasteiger partial charge in [-0.1, -0.05) is 0 Å². The van der Waals surface area contributed by atoms with Crippen molar-refractivity contribution in [2.75, 3.05) is 13.2 Å². The van der Waals surface area contributed by atoms with Crippen molar-refractivity contribution in [3.8, 4) is 11.5 Å². The van der Waals surface area contributed by atoms with E-state index >= 15 is 0 Å². The number of nitrogens with one attached hydrogen (secondary N) is 2. The van der Waals surface area contributed by atoms with Crippen LogP contribution in [0.15, 0.2) is 23.1 Å². The van der Waals surface area contributed by atoms with Crippen molar-refractivity contribution in [2.45, 2.75) is 17.7 Å². The van der Waals surface area contributed by atoms with Gasteiger partial charge in [0, 0.05) is 4.90 Å². The van der Waals surface area contributed by atoms with Crippen molar-refractivity contribution in [1.82, 2.24) is 11.0 Å². The summed E-state index contributed by atoms with van der Waals surface area (Å²) in [6.45, 7) is 0.0862. The highest BCUT2D eigenvalue weighted by Gasteiger charge is 2.08. The van der Waals surface area contributed by atoms with Gasteiger partial charge in [-0.3, -0.25) is 20.0 Å². The number of hydrogen-bond acceptors (Lipinski definition) is 7. The number of amides is 2. The van der Waals surface area contributed by atoms with E-state index in [1.54, 1.807) is 18.2 Å². The van der Waals surface area contributed by atoms with Crippen LogP contribution in [0.4, 0.5) is 0 Å². The Morgan fingerprint density at radius 2 is 1.52 bits per heavy atom. The predicted molar refractivity (Wildman–Crippen MR) is 73.8 cm³/mol. The van der Waals surface area contributed by atoms with Crippen molar-refractivity contribution < 1.29 is 29.5 Å². The minimum absolute atomic E-state index is 0.0223. The van der Waals surface area contributed by atoms with Gasteiger partial charge in [-0.25, -0.2) is 11.0 Å². The van der Waals surface area contributed by atoms with Gasteiger partial charge in [-0.2, -0.15) is 0 Å². The summed E-state index contributed by atoms with van der Waals surface area (Å²) in [5.74, 6) is -0.400. The van der Waals surface area contributed by atoms with E-state index in [4.69, 9.17) is 19.9 Å². The van der Waals surface area contributed by atoms with Crippen LogP contribution in [0.5, 0.6) is 11.5 Å². The molecule has 0 radical (unpaired) electrons. The maximum atomic E-state index is 10.9.